The second kappa shape index (κ2) is 6.98. The van der Waals surface area contributed by atoms with Crippen molar-refractivity contribution in [3.05, 3.63) is 23.8 Å². The minimum Gasteiger partial charge on any atom is -0.508 e. The number of ether oxygens (including phenoxy) is 1. The summed E-state index contributed by atoms with van der Waals surface area (Å²) in [6.07, 6.45) is 6.44. The minimum atomic E-state index is 0.147. The molecule has 0 heterocycles. The second-order valence-electron chi connectivity index (χ2n) is 5.94. The highest BCUT2D eigenvalue weighted by atomic mass is 16.5. The van der Waals surface area contributed by atoms with E-state index in [9.17, 15) is 5.11 Å². The summed E-state index contributed by atoms with van der Waals surface area (Å²) in [7, 11) is 1.65. The van der Waals surface area contributed by atoms with E-state index in [0.717, 1.165) is 17.2 Å². The maximum atomic E-state index is 10.0. The Morgan fingerprint density at radius 3 is 2.60 bits per heavy atom. The third-order valence-electron chi connectivity index (χ3n) is 4.61. The predicted molar refractivity (Wildman–Crippen MR) is 82.2 cm³/mol. The Hall–Kier alpha value is -1.22. The Morgan fingerprint density at radius 2 is 2.00 bits per heavy atom. The molecular formula is C17H27NO2. The van der Waals surface area contributed by atoms with Crippen LogP contribution in [0.3, 0.4) is 0 Å². The van der Waals surface area contributed by atoms with Gasteiger partial charge in [-0.2, -0.15) is 0 Å². The standard InChI is InChI=1S/C17H27NO2/c1-4-13-5-7-14(8-6-13)18-12(2)16-11-15(20-3)9-10-17(16)19/h9-14,18-19H,4-8H2,1-3H3. The van der Waals surface area contributed by atoms with Crippen molar-refractivity contribution in [2.24, 2.45) is 5.92 Å². The summed E-state index contributed by atoms with van der Waals surface area (Å²) in [5, 5.41) is 13.7. The van der Waals surface area contributed by atoms with Gasteiger partial charge >= 0.3 is 0 Å². The Kier molecular flexibility index (Phi) is 5.30. The van der Waals surface area contributed by atoms with Gasteiger partial charge < -0.3 is 15.2 Å². The van der Waals surface area contributed by atoms with Crippen molar-refractivity contribution in [3.63, 3.8) is 0 Å². The minimum absolute atomic E-state index is 0.147. The topological polar surface area (TPSA) is 41.5 Å². The van der Waals surface area contributed by atoms with Crippen molar-refractivity contribution >= 4 is 0 Å². The molecule has 2 N–H and O–H groups in total. The number of nitrogens with one attached hydrogen (secondary N) is 1. The van der Waals surface area contributed by atoms with Crippen LogP contribution in [0, 0.1) is 5.92 Å². The maximum absolute atomic E-state index is 10.0. The zero-order valence-corrected chi connectivity index (χ0v) is 12.9. The van der Waals surface area contributed by atoms with Crippen LogP contribution in [-0.2, 0) is 0 Å². The van der Waals surface area contributed by atoms with Gasteiger partial charge in [0.15, 0.2) is 0 Å². The first-order valence-corrected chi connectivity index (χ1v) is 7.77. The van der Waals surface area contributed by atoms with Crippen molar-refractivity contribution in [1.29, 1.82) is 0 Å². The summed E-state index contributed by atoms with van der Waals surface area (Å²) in [5.41, 5.74) is 0.918. The summed E-state index contributed by atoms with van der Waals surface area (Å²) >= 11 is 0. The third-order valence-corrected chi connectivity index (χ3v) is 4.61. The van der Waals surface area contributed by atoms with E-state index in [1.165, 1.54) is 32.1 Å². The molecule has 0 radical (unpaired) electrons. The number of aromatic hydroxyl groups is 1. The highest BCUT2D eigenvalue weighted by Crippen LogP contribution is 2.31. The lowest BCUT2D eigenvalue weighted by Gasteiger charge is -2.31. The Labute approximate surface area is 122 Å². The molecule has 1 fully saturated rings. The zero-order chi connectivity index (χ0) is 14.5. The number of phenols is 1. The van der Waals surface area contributed by atoms with Gasteiger partial charge in [0, 0.05) is 17.6 Å². The highest BCUT2D eigenvalue weighted by molar-refractivity contribution is 5.41. The quantitative estimate of drug-likeness (QED) is 0.854. The molecule has 0 bridgehead atoms. The molecule has 1 aliphatic rings. The molecule has 0 saturated heterocycles. The average molecular weight is 277 g/mol. The molecule has 0 aliphatic heterocycles. The van der Waals surface area contributed by atoms with E-state index in [0.29, 0.717) is 11.8 Å². The molecule has 3 nitrogen and oxygen atoms in total. The molecule has 1 atom stereocenters. The largest absolute Gasteiger partial charge is 0.508 e. The van der Waals surface area contributed by atoms with Crippen molar-refractivity contribution in [2.45, 2.75) is 58.0 Å². The van der Waals surface area contributed by atoms with Crippen LogP contribution in [-0.4, -0.2) is 18.3 Å². The van der Waals surface area contributed by atoms with Crippen LogP contribution >= 0.6 is 0 Å². The lowest BCUT2D eigenvalue weighted by Crippen LogP contribution is -2.34. The molecule has 0 aromatic heterocycles. The molecule has 0 spiro atoms. The van der Waals surface area contributed by atoms with E-state index in [1.54, 1.807) is 19.2 Å². The Bertz CT molecular complexity index is 425. The number of hydrogen-bond acceptors (Lipinski definition) is 3. The fourth-order valence-corrected chi connectivity index (χ4v) is 3.19. The van der Waals surface area contributed by atoms with Gasteiger partial charge in [0.25, 0.3) is 0 Å². The molecule has 2 rings (SSSR count). The van der Waals surface area contributed by atoms with Crippen molar-refractivity contribution in [3.8, 4) is 11.5 Å². The van der Waals surface area contributed by atoms with E-state index in [1.807, 2.05) is 6.07 Å². The van der Waals surface area contributed by atoms with Crippen molar-refractivity contribution in [1.82, 2.24) is 5.32 Å². The third kappa shape index (κ3) is 3.66. The monoisotopic (exact) mass is 277 g/mol. The van der Waals surface area contributed by atoms with Crippen LogP contribution in [0.1, 0.15) is 57.6 Å². The van der Waals surface area contributed by atoms with Crippen molar-refractivity contribution < 1.29 is 9.84 Å². The molecule has 3 heteroatoms. The number of rotatable bonds is 5. The summed E-state index contributed by atoms with van der Waals surface area (Å²) in [4.78, 5) is 0. The zero-order valence-electron chi connectivity index (χ0n) is 12.9. The molecular weight excluding hydrogens is 250 g/mol. The van der Waals surface area contributed by atoms with Gasteiger partial charge in [0.1, 0.15) is 11.5 Å². The maximum Gasteiger partial charge on any atom is 0.120 e. The average Bonchev–Trinajstić information content (AvgIpc) is 2.48. The first kappa shape index (κ1) is 15.2. The second-order valence-corrected chi connectivity index (χ2v) is 5.94. The first-order valence-electron chi connectivity index (χ1n) is 7.77. The van der Waals surface area contributed by atoms with Gasteiger partial charge in [-0.15, -0.1) is 0 Å². The number of hydrogen-bond donors (Lipinski definition) is 2. The van der Waals surface area contributed by atoms with Gasteiger partial charge in [0.05, 0.1) is 7.11 Å². The van der Waals surface area contributed by atoms with Gasteiger partial charge in [-0.05, 0) is 56.7 Å². The highest BCUT2D eigenvalue weighted by Gasteiger charge is 2.22. The molecule has 1 aromatic rings. The van der Waals surface area contributed by atoms with E-state index in [4.69, 9.17) is 4.74 Å². The van der Waals surface area contributed by atoms with Crippen molar-refractivity contribution in [2.75, 3.05) is 7.11 Å². The lowest BCUT2D eigenvalue weighted by molar-refractivity contribution is 0.271. The fourth-order valence-electron chi connectivity index (χ4n) is 3.19. The molecule has 112 valence electrons. The van der Waals surface area contributed by atoms with Crippen LogP contribution in [0.5, 0.6) is 11.5 Å². The number of benzene rings is 1. The van der Waals surface area contributed by atoms with E-state index < -0.39 is 0 Å². The predicted octanol–water partition coefficient (Wildman–Crippen LogP) is 4.02. The fraction of sp³-hybridized carbons (Fsp3) is 0.647. The summed E-state index contributed by atoms with van der Waals surface area (Å²) < 4.78 is 5.24. The van der Waals surface area contributed by atoms with Gasteiger partial charge in [0.2, 0.25) is 0 Å². The molecule has 20 heavy (non-hydrogen) atoms. The smallest absolute Gasteiger partial charge is 0.120 e. The summed E-state index contributed by atoms with van der Waals surface area (Å²) in [5.74, 6) is 2.04. The Morgan fingerprint density at radius 1 is 1.30 bits per heavy atom. The summed E-state index contributed by atoms with van der Waals surface area (Å²) in [6, 6.07) is 6.13. The van der Waals surface area contributed by atoms with Crippen LogP contribution < -0.4 is 10.1 Å². The first-order chi connectivity index (χ1) is 9.63. The van der Waals surface area contributed by atoms with Gasteiger partial charge in [-0.3, -0.25) is 0 Å². The number of methoxy groups -OCH3 is 1. The van der Waals surface area contributed by atoms with E-state index in [2.05, 4.69) is 19.2 Å². The molecule has 1 unspecified atom stereocenters. The lowest BCUT2D eigenvalue weighted by atomic mass is 9.84. The Balaban J connectivity index is 1.96. The van der Waals surface area contributed by atoms with Crippen LogP contribution in [0.15, 0.2) is 18.2 Å². The SMILES string of the molecule is CCC1CCC(NC(C)c2cc(OC)ccc2O)CC1. The van der Waals surface area contributed by atoms with Gasteiger partial charge in [-0.1, -0.05) is 13.3 Å². The normalized spacial score (nSPS) is 24.4. The van der Waals surface area contributed by atoms with E-state index in [-0.39, 0.29) is 6.04 Å². The number of phenolic OH excluding ortho intramolecular Hbond substituents is 1. The summed E-state index contributed by atoms with van der Waals surface area (Å²) in [6.45, 7) is 4.40. The molecule has 1 saturated carbocycles. The molecule has 1 aromatic carbocycles. The molecule has 1 aliphatic carbocycles. The molecule has 0 amide bonds. The van der Waals surface area contributed by atoms with Gasteiger partial charge in [-0.25, -0.2) is 0 Å². The van der Waals surface area contributed by atoms with Crippen LogP contribution in [0.4, 0.5) is 0 Å². The van der Waals surface area contributed by atoms with Crippen LogP contribution in [0.2, 0.25) is 0 Å². The van der Waals surface area contributed by atoms with E-state index >= 15 is 0 Å². The van der Waals surface area contributed by atoms with Crippen LogP contribution in [0.25, 0.3) is 0 Å².